The molecular weight excluding hydrogens is 344 g/mol. The first-order valence-corrected chi connectivity index (χ1v) is 7.98. The van der Waals surface area contributed by atoms with E-state index in [0.29, 0.717) is 32.7 Å². The van der Waals surface area contributed by atoms with E-state index in [-0.39, 0.29) is 0 Å². The molecule has 4 nitrogen and oxygen atoms in total. The normalized spacial score (nSPS) is 12.3. The average Bonchev–Trinajstić information content (AvgIpc) is 2.63. The molecule has 24 heavy (non-hydrogen) atoms. The second kappa shape index (κ2) is 6.37. The molecule has 0 fully saturated rings. The van der Waals surface area contributed by atoms with Crippen molar-refractivity contribution in [2.24, 2.45) is 0 Å². The van der Waals surface area contributed by atoms with Crippen LogP contribution in [-0.2, 0) is 0 Å². The number of fused-ring (bicyclic) bond motifs is 3. The first kappa shape index (κ1) is 16.7. The highest BCUT2D eigenvalue weighted by Gasteiger charge is 2.28. The van der Waals surface area contributed by atoms with Crippen molar-refractivity contribution in [3.05, 3.63) is 35.4 Å². The number of ether oxygens (including phenoxy) is 4. The molecule has 0 bridgehead atoms. The summed E-state index contributed by atoms with van der Waals surface area (Å²) in [4.78, 5) is 1.22. The van der Waals surface area contributed by atoms with E-state index in [0.717, 1.165) is 22.3 Å². The minimum atomic E-state index is 0.612. The van der Waals surface area contributed by atoms with Gasteiger partial charge in [0, 0.05) is 11.1 Å². The SMILES string of the molecule is COc1cc2c(cc1OC)-c1cc(OC)c(OC)cc1C(=S)C2=S. The number of benzene rings is 2. The molecule has 0 saturated heterocycles. The van der Waals surface area contributed by atoms with E-state index in [1.54, 1.807) is 28.4 Å². The number of hydrogen-bond acceptors (Lipinski definition) is 6. The van der Waals surface area contributed by atoms with Crippen molar-refractivity contribution in [2.75, 3.05) is 28.4 Å². The molecule has 0 saturated carbocycles. The zero-order chi connectivity index (χ0) is 17.4. The lowest BCUT2D eigenvalue weighted by atomic mass is 9.84. The Morgan fingerprint density at radius 3 is 1.00 bits per heavy atom. The molecule has 1 aliphatic rings. The summed E-state index contributed by atoms with van der Waals surface area (Å²) in [5.41, 5.74) is 3.57. The number of thiocarbonyl (C=S) groups is 2. The summed E-state index contributed by atoms with van der Waals surface area (Å²) in [6.45, 7) is 0. The van der Waals surface area contributed by atoms with Crippen LogP contribution in [0.25, 0.3) is 11.1 Å². The Labute approximate surface area is 151 Å². The van der Waals surface area contributed by atoms with E-state index in [1.165, 1.54) is 0 Å². The molecule has 2 aromatic carbocycles. The predicted molar refractivity (Wildman–Crippen MR) is 101 cm³/mol. The molecular formula is C18H16O4S2. The minimum Gasteiger partial charge on any atom is -0.493 e. The number of methoxy groups -OCH3 is 4. The molecule has 124 valence electrons. The van der Waals surface area contributed by atoms with Gasteiger partial charge in [-0.15, -0.1) is 0 Å². The number of rotatable bonds is 4. The van der Waals surface area contributed by atoms with Gasteiger partial charge in [0.25, 0.3) is 0 Å². The van der Waals surface area contributed by atoms with Crippen molar-refractivity contribution < 1.29 is 18.9 Å². The van der Waals surface area contributed by atoms with Gasteiger partial charge in [-0.1, -0.05) is 24.4 Å². The monoisotopic (exact) mass is 360 g/mol. The summed E-state index contributed by atoms with van der Waals surface area (Å²) in [6, 6.07) is 7.55. The molecule has 0 spiro atoms. The van der Waals surface area contributed by atoms with E-state index in [1.807, 2.05) is 24.3 Å². The highest BCUT2D eigenvalue weighted by Crippen LogP contribution is 2.44. The Kier molecular flexibility index (Phi) is 4.43. The third kappa shape index (κ3) is 2.42. The van der Waals surface area contributed by atoms with Gasteiger partial charge in [-0.25, -0.2) is 0 Å². The van der Waals surface area contributed by atoms with Crippen molar-refractivity contribution in [1.82, 2.24) is 0 Å². The van der Waals surface area contributed by atoms with E-state index < -0.39 is 0 Å². The van der Waals surface area contributed by atoms with Crippen LogP contribution in [0.4, 0.5) is 0 Å². The predicted octanol–water partition coefficient (Wildman–Crippen LogP) is 3.84. The molecule has 3 rings (SSSR count). The fraction of sp³-hybridized carbons (Fsp3) is 0.222. The van der Waals surface area contributed by atoms with Gasteiger partial charge in [-0.05, 0) is 35.4 Å². The van der Waals surface area contributed by atoms with Crippen molar-refractivity contribution in [3.8, 4) is 34.1 Å². The molecule has 0 amide bonds. The summed E-state index contributed by atoms with van der Waals surface area (Å²) in [7, 11) is 6.39. The topological polar surface area (TPSA) is 36.9 Å². The third-order valence-electron chi connectivity index (χ3n) is 4.03. The van der Waals surface area contributed by atoms with Gasteiger partial charge in [0.15, 0.2) is 23.0 Å². The van der Waals surface area contributed by atoms with E-state index in [9.17, 15) is 0 Å². The summed E-state index contributed by atoms with van der Waals surface area (Å²) in [5, 5.41) is 0. The zero-order valence-corrected chi connectivity index (χ0v) is 15.4. The van der Waals surface area contributed by atoms with Gasteiger partial charge in [0.2, 0.25) is 0 Å². The van der Waals surface area contributed by atoms with Crippen LogP contribution in [0.1, 0.15) is 11.1 Å². The van der Waals surface area contributed by atoms with Crippen LogP contribution in [0, 0.1) is 0 Å². The maximum atomic E-state index is 5.58. The Bertz CT molecular complexity index is 787. The Morgan fingerprint density at radius 1 is 0.500 bits per heavy atom. The van der Waals surface area contributed by atoms with Crippen LogP contribution in [-0.4, -0.2) is 38.2 Å². The maximum absolute atomic E-state index is 5.58. The molecule has 0 heterocycles. The highest BCUT2D eigenvalue weighted by molar-refractivity contribution is 7.90. The van der Waals surface area contributed by atoms with Crippen molar-refractivity contribution in [3.63, 3.8) is 0 Å². The highest BCUT2D eigenvalue weighted by atomic mass is 32.1. The fourth-order valence-electron chi connectivity index (χ4n) is 2.82. The van der Waals surface area contributed by atoms with Crippen molar-refractivity contribution in [1.29, 1.82) is 0 Å². The molecule has 0 unspecified atom stereocenters. The van der Waals surface area contributed by atoms with Crippen LogP contribution in [0.2, 0.25) is 0 Å². The second-order valence-corrected chi connectivity index (χ2v) is 5.98. The molecule has 0 aromatic heterocycles. The average molecular weight is 360 g/mol. The van der Waals surface area contributed by atoms with E-state index in [2.05, 4.69) is 0 Å². The summed E-state index contributed by atoms with van der Waals surface area (Å²) >= 11 is 11.2. The maximum Gasteiger partial charge on any atom is 0.161 e. The largest absolute Gasteiger partial charge is 0.493 e. The Balaban J connectivity index is 2.34. The quantitative estimate of drug-likeness (QED) is 0.771. The molecule has 0 radical (unpaired) electrons. The molecule has 0 N–H and O–H groups in total. The van der Waals surface area contributed by atoms with Crippen LogP contribution in [0.3, 0.4) is 0 Å². The summed E-state index contributed by atoms with van der Waals surface area (Å²) < 4.78 is 21.6. The first-order chi connectivity index (χ1) is 11.5. The second-order valence-electron chi connectivity index (χ2n) is 5.16. The number of hydrogen-bond donors (Lipinski definition) is 0. The van der Waals surface area contributed by atoms with Crippen LogP contribution < -0.4 is 18.9 Å². The smallest absolute Gasteiger partial charge is 0.161 e. The lowest BCUT2D eigenvalue weighted by Gasteiger charge is -2.24. The van der Waals surface area contributed by atoms with E-state index in [4.69, 9.17) is 43.4 Å². The van der Waals surface area contributed by atoms with Crippen LogP contribution in [0.5, 0.6) is 23.0 Å². The van der Waals surface area contributed by atoms with Gasteiger partial charge >= 0.3 is 0 Å². The van der Waals surface area contributed by atoms with Gasteiger partial charge in [0.05, 0.1) is 38.2 Å². The molecule has 0 aliphatic heterocycles. The minimum absolute atomic E-state index is 0.612. The molecule has 0 atom stereocenters. The lowest BCUT2D eigenvalue weighted by molar-refractivity contribution is 0.354. The third-order valence-corrected chi connectivity index (χ3v) is 5.01. The van der Waals surface area contributed by atoms with E-state index >= 15 is 0 Å². The van der Waals surface area contributed by atoms with Gasteiger partial charge in [-0.3, -0.25) is 0 Å². The van der Waals surface area contributed by atoms with Crippen molar-refractivity contribution >= 4 is 34.2 Å². The summed E-state index contributed by atoms with van der Waals surface area (Å²) in [5.74, 6) is 2.50. The lowest BCUT2D eigenvalue weighted by Crippen LogP contribution is -2.20. The molecule has 2 aromatic rings. The molecule has 6 heteroatoms. The van der Waals surface area contributed by atoms with Crippen LogP contribution >= 0.6 is 24.4 Å². The fourth-order valence-corrected chi connectivity index (χ4v) is 3.38. The molecule has 1 aliphatic carbocycles. The Morgan fingerprint density at radius 2 is 0.750 bits per heavy atom. The van der Waals surface area contributed by atoms with Crippen LogP contribution in [0.15, 0.2) is 24.3 Å². The zero-order valence-electron chi connectivity index (χ0n) is 13.8. The van der Waals surface area contributed by atoms with Gasteiger partial charge in [-0.2, -0.15) is 0 Å². The van der Waals surface area contributed by atoms with Gasteiger partial charge in [0.1, 0.15) is 0 Å². The standard InChI is InChI=1S/C18H16O4S2/c1-19-13-5-9-10-6-14(20-2)16(22-4)8-12(10)18(24)17(23)11(9)7-15(13)21-3/h5-8H,1-4H3. The van der Waals surface area contributed by atoms with Gasteiger partial charge < -0.3 is 18.9 Å². The summed E-state index contributed by atoms with van der Waals surface area (Å²) in [6.07, 6.45) is 0. The van der Waals surface area contributed by atoms with Crippen molar-refractivity contribution in [2.45, 2.75) is 0 Å². The first-order valence-electron chi connectivity index (χ1n) is 7.17. The Hall–Kier alpha value is -2.18.